The van der Waals surface area contributed by atoms with Crippen LogP contribution in [-0.2, 0) is 16.1 Å². The second-order valence-corrected chi connectivity index (χ2v) is 4.05. The van der Waals surface area contributed by atoms with Crippen molar-refractivity contribution in [1.29, 1.82) is 0 Å². The predicted octanol–water partition coefficient (Wildman–Crippen LogP) is -1.17. The standard InChI is InChI=1S/C9H14N4O3S/c10-3-8-13-6(5-17-8)9(15)12-1-2-16-4-7(11)14/h5H,1-4,10H2,(H2,11,14)(H,12,15). The maximum absolute atomic E-state index is 11.5. The van der Waals surface area contributed by atoms with Crippen molar-refractivity contribution < 1.29 is 14.3 Å². The third-order valence-electron chi connectivity index (χ3n) is 1.74. The third-order valence-corrected chi connectivity index (χ3v) is 2.61. The molecule has 0 aromatic carbocycles. The van der Waals surface area contributed by atoms with E-state index in [1.807, 2.05) is 0 Å². The van der Waals surface area contributed by atoms with Crippen molar-refractivity contribution >= 4 is 23.2 Å². The van der Waals surface area contributed by atoms with Crippen molar-refractivity contribution in [3.63, 3.8) is 0 Å². The highest BCUT2D eigenvalue weighted by Gasteiger charge is 2.09. The molecule has 0 unspecified atom stereocenters. The Balaban J connectivity index is 2.23. The number of amides is 2. The first kappa shape index (κ1) is 13.6. The van der Waals surface area contributed by atoms with Gasteiger partial charge in [0.2, 0.25) is 5.91 Å². The number of nitrogens with zero attached hydrogens (tertiary/aromatic N) is 1. The normalized spacial score (nSPS) is 10.2. The van der Waals surface area contributed by atoms with Crippen molar-refractivity contribution in [3.05, 3.63) is 16.1 Å². The van der Waals surface area contributed by atoms with Gasteiger partial charge in [0.05, 0.1) is 6.61 Å². The van der Waals surface area contributed by atoms with Crippen LogP contribution in [0.25, 0.3) is 0 Å². The van der Waals surface area contributed by atoms with E-state index in [2.05, 4.69) is 10.3 Å². The van der Waals surface area contributed by atoms with Crippen LogP contribution in [0.2, 0.25) is 0 Å². The molecule has 1 aromatic rings. The van der Waals surface area contributed by atoms with E-state index in [9.17, 15) is 9.59 Å². The Hall–Kier alpha value is -1.51. The molecule has 1 heterocycles. The van der Waals surface area contributed by atoms with Crippen LogP contribution in [0.3, 0.4) is 0 Å². The topological polar surface area (TPSA) is 120 Å². The molecule has 1 rings (SSSR count). The summed E-state index contributed by atoms with van der Waals surface area (Å²) in [6, 6.07) is 0. The van der Waals surface area contributed by atoms with Gasteiger partial charge in [-0.1, -0.05) is 0 Å². The first-order chi connectivity index (χ1) is 8.13. The van der Waals surface area contributed by atoms with Gasteiger partial charge in [-0.15, -0.1) is 11.3 Å². The van der Waals surface area contributed by atoms with Gasteiger partial charge in [-0.3, -0.25) is 9.59 Å². The number of ether oxygens (including phenoxy) is 1. The highest BCUT2D eigenvalue weighted by molar-refractivity contribution is 7.09. The molecule has 2 amide bonds. The lowest BCUT2D eigenvalue weighted by Gasteiger charge is -2.03. The maximum Gasteiger partial charge on any atom is 0.270 e. The van der Waals surface area contributed by atoms with E-state index in [0.29, 0.717) is 23.8 Å². The molecule has 0 saturated carbocycles. The first-order valence-corrected chi connectivity index (χ1v) is 5.80. The van der Waals surface area contributed by atoms with Gasteiger partial charge in [0.25, 0.3) is 5.91 Å². The predicted molar refractivity (Wildman–Crippen MR) is 62.4 cm³/mol. The number of carbonyl (C=O) groups is 2. The van der Waals surface area contributed by atoms with E-state index in [-0.39, 0.29) is 19.1 Å². The van der Waals surface area contributed by atoms with Gasteiger partial charge in [-0.25, -0.2) is 4.98 Å². The summed E-state index contributed by atoms with van der Waals surface area (Å²) in [6.07, 6.45) is 0. The van der Waals surface area contributed by atoms with Gasteiger partial charge < -0.3 is 21.5 Å². The number of primary amides is 1. The zero-order valence-corrected chi connectivity index (χ0v) is 9.96. The number of hydrogen-bond donors (Lipinski definition) is 3. The second kappa shape index (κ2) is 6.94. The minimum Gasteiger partial charge on any atom is -0.370 e. The maximum atomic E-state index is 11.5. The summed E-state index contributed by atoms with van der Waals surface area (Å²) in [5.74, 6) is -0.827. The van der Waals surface area contributed by atoms with Crippen LogP contribution in [0.4, 0.5) is 0 Å². The van der Waals surface area contributed by atoms with Crippen LogP contribution in [0.1, 0.15) is 15.5 Å². The van der Waals surface area contributed by atoms with Crippen LogP contribution >= 0.6 is 11.3 Å². The van der Waals surface area contributed by atoms with Crippen molar-refractivity contribution in [1.82, 2.24) is 10.3 Å². The lowest BCUT2D eigenvalue weighted by molar-refractivity contribution is -0.122. The summed E-state index contributed by atoms with van der Waals surface area (Å²) in [5.41, 5.74) is 10.6. The summed E-state index contributed by atoms with van der Waals surface area (Å²) >= 11 is 1.34. The summed E-state index contributed by atoms with van der Waals surface area (Å²) in [6.45, 7) is 0.688. The zero-order chi connectivity index (χ0) is 12.7. The molecule has 0 aliphatic carbocycles. The van der Waals surface area contributed by atoms with Crippen molar-refractivity contribution in [2.45, 2.75) is 6.54 Å². The van der Waals surface area contributed by atoms with Crippen LogP contribution in [-0.4, -0.2) is 36.6 Å². The van der Waals surface area contributed by atoms with Gasteiger partial charge >= 0.3 is 0 Å². The highest BCUT2D eigenvalue weighted by Crippen LogP contribution is 2.08. The molecule has 0 aliphatic heterocycles. The van der Waals surface area contributed by atoms with E-state index in [1.165, 1.54) is 11.3 Å². The smallest absolute Gasteiger partial charge is 0.270 e. The van der Waals surface area contributed by atoms with E-state index < -0.39 is 5.91 Å². The summed E-state index contributed by atoms with van der Waals surface area (Å²) in [7, 11) is 0. The molecule has 0 bridgehead atoms. The Morgan fingerprint density at radius 2 is 2.29 bits per heavy atom. The van der Waals surface area contributed by atoms with Crippen LogP contribution in [0, 0.1) is 0 Å². The Morgan fingerprint density at radius 3 is 2.88 bits per heavy atom. The number of hydrogen-bond acceptors (Lipinski definition) is 6. The average Bonchev–Trinajstić information content (AvgIpc) is 2.76. The summed E-state index contributed by atoms with van der Waals surface area (Å²) in [4.78, 5) is 25.9. The van der Waals surface area contributed by atoms with Gasteiger partial charge in [-0.05, 0) is 0 Å². The molecule has 0 fully saturated rings. The number of rotatable bonds is 7. The van der Waals surface area contributed by atoms with E-state index >= 15 is 0 Å². The molecule has 0 saturated heterocycles. The fraction of sp³-hybridized carbons (Fsp3) is 0.444. The van der Waals surface area contributed by atoms with Crippen LogP contribution in [0.5, 0.6) is 0 Å². The molecule has 0 radical (unpaired) electrons. The SMILES string of the molecule is NCc1nc(C(=O)NCCOCC(N)=O)cs1. The molecule has 0 spiro atoms. The third kappa shape index (κ3) is 4.89. The number of nitrogens with two attached hydrogens (primary N) is 2. The lowest BCUT2D eigenvalue weighted by atomic mass is 10.4. The molecular weight excluding hydrogens is 244 g/mol. The lowest BCUT2D eigenvalue weighted by Crippen LogP contribution is -2.29. The van der Waals surface area contributed by atoms with Gasteiger partial charge in [0.1, 0.15) is 17.3 Å². The average molecular weight is 258 g/mol. The van der Waals surface area contributed by atoms with Crippen LogP contribution in [0.15, 0.2) is 5.38 Å². The van der Waals surface area contributed by atoms with E-state index in [0.717, 1.165) is 0 Å². The molecule has 7 nitrogen and oxygen atoms in total. The Bertz CT molecular complexity index is 393. The van der Waals surface area contributed by atoms with Crippen molar-refractivity contribution in [2.24, 2.45) is 11.5 Å². The molecule has 0 atom stereocenters. The minimum absolute atomic E-state index is 0.149. The molecule has 8 heteroatoms. The quantitative estimate of drug-likeness (QED) is 0.532. The van der Waals surface area contributed by atoms with Crippen LogP contribution < -0.4 is 16.8 Å². The molecule has 5 N–H and O–H groups in total. The summed E-state index contributed by atoms with van der Waals surface area (Å²) in [5, 5.41) is 4.95. The monoisotopic (exact) mass is 258 g/mol. The van der Waals surface area contributed by atoms with Crippen molar-refractivity contribution in [3.8, 4) is 0 Å². The highest BCUT2D eigenvalue weighted by atomic mass is 32.1. The van der Waals surface area contributed by atoms with E-state index in [1.54, 1.807) is 5.38 Å². The van der Waals surface area contributed by atoms with Gasteiger partial charge in [-0.2, -0.15) is 0 Å². The molecule has 94 valence electrons. The molecular formula is C9H14N4O3S. The zero-order valence-electron chi connectivity index (χ0n) is 9.14. The van der Waals surface area contributed by atoms with Crippen molar-refractivity contribution in [2.75, 3.05) is 19.8 Å². The first-order valence-electron chi connectivity index (χ1n) is 4.92. The Labute approximate surface area is 102 Å². The largest absolute Gasteiger partial charge is 0.370 e. The molecule has 0 aliphatic rings. The second-order valence-electron chi connectivity index (χ2n) is 3.11. The van der Waals surface area contributed by atoms with Gasteiger partial charge in [0, 0.05) is 18.5 Å². The summed E-state index contributed by atoms with van der Waals surface area (Å²) < 4.78 is 4.88. The Morgan fingerprint density at radius 1 is 1.53 bits per heavy atom. The number of thiazole rings is 1. The molecule has 17 heavy (non-hydrogen) atoms. The van der Waals surface area contributed by atoms with E-state index in [4.69, 9.17) is 16.2 Å². The van der Waals surface area contributed by atoms with Gasteiger partial charge in [0.15, 0.2) is 0 Å². The fourth-order valence-electron chi connectivity index (χ4n) is 1.01. The number of carbonyl (C=O) groups excluding carboxylic acids is 2. The minimum atomic E-state index is -0.539. The number of aromatic nitrogens is 1. The number of nitrogens with one attached hydrogen (secondary N) is 1. The Kier molecular flexibility index (Phi) is 5.53. The molecule has 1 aromatic heterocycles. The fourth-order valence-corrected chi connectivity index (χ4v) is 1.66.